The van der Waals surface area contributed by atoms with Gasteiger partial charge in [-0.2, -0.15) is 0 Å². The lowest BCUT2D eigenvalue weighted by molar-refractivity contribution is 0.616. The molecule has 86 valence electrons. The summed E-state index contributed by atoms with van der Waals surface area (Å²) in [4.78, 5) is 0. The van der Waals surface area contributed by atoms with Crippen molar-refractivity contribution >= 4 is 11.4 Å². The molecule has 1 aliphatic heterocycles. The van der Waals surface area contributed by atoms with E-state index in [2.05, 4.69) is 36.6 Å². The van der Waals surface area contributed by atoms with Crippen molar-refractivity contribution in [3.63, 3.8) is 0 Å². The van der Waals surface area contributed by atoms with Crippen molar-refractivity contribution < 1.29 is 0 Å². The van der Waals surface area contributed by atoms with Crippen LogP contribution in [0.5, 0.6) is 0 Å². The number of hydrogen-bond acceptors (Lipinski definition) is 3. The van der Waals surface area contributed by atoms with Gasteiger partial charge in [-0.25, -0.2) is 0 Å². The number of hydrogen-bond donors (Lipinski definition) is 3. The SMILES string of the molecule is CC(C)CNC1=C(N)CNc2ccccc21. The third-order valence-corrected chi connectivity index (χ3v) is 2.67. The van der Waals surface area contributed by atoms with E-state index in [-0.39, 0.29) is 0 Å². The van der Waals surface area contributed by atoms with E-state index in [1.165, 1.54) is 5.56 Å². The fraction of sp³-hybridized carbons (Fsp3) is 0.385. The predicted molar refractivity (Wildman–Crippen MR) is 68.9 cm³/mol. The van der Waals surface area contributed by atoms with Gasteiger partial charge in [0.2, 0.25) is 0 Å². The number of anilines is 1. The minimum atomic E-state index is 0.613. The highest BCUT2D eigenvalue weighted by atomic mass is 15.0. The molecule has 0 bridgehead atoms. The molecule has 0 aliphatic carbocycles. The van der Waals surface area contributed by atoms with E-state index in [1.807, 2.05) is 12.1 Å². The zero-order valence-corrected chi connectivity index (χ0v) is 9.88. The molecule has 0 radical (unpaired) electrons. The molecular weight excluding hydrogens is 198 g/mol. The van der Waals surface area contributed by atoms with Gasteiger partial charge in [0.1, 0.15) is 0 Å². The highest BCUT2D eigenvalue weighted by Crippen LogP contribution is 2.27. The van der Waals surface area contributed by atoms with Gasteiger partial charge in [0, 0.05) is 17.8 Å². The van der Waals surface area contributed by atoms with Crippen LogP contribution < -0.4 is 16.4 Å². The second kappa shape index (κ2) is 4.47. The monoisotopic (exact) mass is 217 g/mol. The topological polar surface area (TPSA) is 50.1 Å². The van der Waals surface area contributed by atoms with Crippen LogP contribution >= 0.6 is 0 Å². The summed E-state index contributed by atoms with van der Waals surface area (Å²) >= 11 is 0. The quantitative estimate of drug-likeness (QED) is 0.725. The van der Waals surface area contributed by atoms with Crippen LogP contribution in [0.3, 0.4) is 0 Å². The highest BCUT2D eigenvalue weighted by Gasteiger charge is 2.15. The van der Waals surface area contributed by atoms with Crippen LogP contribution in [0, 0.1) is 5.92 Å². The number of rotatable bonds is 3. The molecule has 1 aromatic rings. The molecule has 0 atom stereocenters. The highest BCUT2D eigenvalue weighted by molar-refractivity contribution is 5.80. The Morgan fingerprint density at radius 2 is 2.12 bits per heavy atom. The number of para-hydroxylation sites is 1. The van der Waals surface area contributed by atoms with Crippen LogP contribution in [-0.4, -0.2) is 13.1 Å². The largest absolute Gasteiger partial charge is 0.399 e. The minimum Gasteiger partial charge on any atom is -0.399 e. The average molecular weight is 217 g/mol. The molecule has 3 nitrogen and oxygen atoms in total. The molecule has 0 fully saturated rings. The van der Waals surface area contributed by atoms with Crippen LogP contribution in [-0.2, 0) is 0 Å². The Balaban J connectivity index is 2.27. The van der Waals surface area contributed by atoms with Gasteiger partial charge in [-0.15, -0.1) is 0 Å². The normalized spacial score (nSPS) is 14.7. The lowest BCUT2D eigenvalue weighted by atomic mass is 10.0. The Kier molecular flexibility index (Phi) is 3.04. The Hall–Kier alpha value is -1.64. The fourth-order valence-corrected chi connectivity index (χ4v) is 1.82. The van der Waals surface area contributed by atoms with E-state index in [9.17, 15) is 0 Å². The predicted octanol–water partition coefficient (Wildman–Crippen LogP) is 1.98. The number of nitrogens with one attached hydrogen (secondary N) is 2. The number of benzene rings is 1. The summed E-state index contributed by atoms with van der Waals surface area (Å²) in [5, 5.41) is 6.75. The van der Waals surface area contributed by atoms with Crippen LogP contribution in [0.4, 0.5) is 5.69 Å². The third-order valence-electron chi connectivity index (χ3n) is 2.67. The van der Waals surface area contributed by atoms with Gasteiger partial charge in [0.05, 0.1) is 17.9 Å². The molecule has 0 saturated carbocycles. The summed E-state index contributed by atoms with van der Waals surface area (Å²) in [6.07, 6.45) is 0. The Bertz CT molecular complexity index is 407. The maximum absolute atomic E-state index is 6.03. The molecule has 2 rings (SSSR count). The summed E-state index contributed by atoms with van der Waals surface area (Å²) in [5.74, 6) is 0.613. The van der Waals surface area contributed by atoms with Gasteiger partial charge in [0.15, 0.2) is 0 Å². The van der Waals surface area contributed by atoms with Crippen LogP contribution in [0.1, 0.15) is 19.4 Å². The van der Waals surface area contributed by atoms with E-state index >= 15 is 0 Å². The Morgan fingerprint density at radius 3 is 2.88 bits per heavy atom. The maximum Gasteiger partial charge on any atom is 0.0644 e. The second-order valence-corrected chi connectivity index (χ2v) is 4.57. The van der Waals surface area contributed by atoms with Gasteiger partial charge < -0.3 is 16.4 Å². The van der Waals surface area contributed by atoms with E-state index in [0.29, 0.717) is 5.92 Å². The summed E-state index contributed by atoms with van der Waals surface area (Å²) < 4.78 is 0. The van der Waals surface area contributed by atoms with Crippen LogP contribution in [0.2, 0.25) is 0 Å². The molecule has 1 aliphatic rings. The lowest BCUT2D eigenvalue weighted by Gasteiger charge is -2.24. The van der Waals surface area contributed by atoms with Gasteiger partial charge >= 0.3 is 0 Å². The van der Waals surface area contributed by atoms with E-state index < -0.39 is 0 Å². The summed E-state index contributed by atoms with van der Waals surface area (Å²) in [6.45, 7) is 6.05. The average Bonchev–Trinajstić information content (AvgIpc) is 2.27. The first-order chi connectivity index (χ1) is 7.68. The van der Waals surface area contributed by atoms with Gasteiger partial charge in [-0.3, -0.25) is 0 Å². The maximum atomic E-state index is 6.03. The first-order valence-electron chi connectivity index (χ1n) is 5.74. The number of fused-ring (bicyclic) bond motifs is 1. The summed E-state index contributed by atoms with van der Waals surface area (Å²) in [5.41, 5.74) is 10.3. The van der Waals surface area contributed by atoms with Gasteiger partial charge in [-0.1, -0.05) is 32.0 Å². The molecule has 0 unspecified atom stereocenters. The Morgan fingerprint density at radius 1 is 1.38 bits per heavy atom. The first-order valence-corrected chi connectivity index (χ1v) is 5.74. The second-order valence-electron chi connectivity index (χ2n) is 4.57. The molecule has 1 aromatic carbocycles. The fourth-order valence-electron chi connectivity index (χ4n) is 1.82. The molecular formula is C13H19N3. The zero-order valence-electron chi connectivity index (χ0n) is 9.88. The van der Waals surface area contributed by atoms with Crippen molar-refractivity contribution in [2.45, 2.75) is 13.8 Å². The molecule has 0 amide bonds. The van der Waals surface area contributed by atoms with E-state index in [1.54, 1.807) is 0 Å². The molecule has 0 saturated heterocycles. The molecule has 0 aromatic heterocycles. The van der Waals surface area contributed by atoms with Crippen LogP contribution in [0.25, 0.3) is 5.70 Å². The van der Waals surface area contributed by atoms with Gasteiger partial charge in [-0.05, 0) is 12.0 Å². The smallest absolute Gasteiger partial charge is 0.0644 e. The molecule has 4 N–H and O–H groups in total. The third kappa shape index (κ3) is 2.13. The van der Waals surface area contributed by atoms with Crippen molar-refractivity contribution in [1.82, 2.24) is 5.32 Å². The molecule has 1 heterocycles. The summed E-state index contributed by atoms with van der Waals surface area (Å²) in [7, 11) is 0. The molecule has 16 heavy (non-hydrogen) atoms. The van der Waals surface area contributed by atoms with Crippen molar-refractivity contribution in [3.8, 4) is 0 Å². The number of nitrogens with two attached hydrogens (primary N) is 1. The van der Waals surface area contributed by atoms with E-state index in [0.717, 1.165) is 30.2 Å². The lowest BCUT2D eigenvalue weighted by Crippen LogP contribution is -2.28. The van der Waals surface area contributed by atoms with Crippen molar-refractivity contribution in [2.75, 3.05) is 18.4 Å². The van der Waals surface area contributed by atoms with Crippen LogP contribution in [0.15, 0.2) is 30.0 Å². The molecule has 0 spiro atoms. The van der Waals surface area contributed by atoms with Gasteiger partial charge in [0.25, 0.3) is 0 Å². The zero-order chi connectivity index (χ0) is 11.5. The minimum absolute atomic E-state index is 0.613. The van der Waals surface area contributed by atoms with Crippen molar-refractivity contribution in [1.29, 1.82) is 0 Å². The van der Waals surface area contributed by atoms with E-state index in [4.69, 9.17) is 5.73 Å². The Labute approximate surface area is 96.7 Å². The summed E-state index contributed by atoms with van der Waals surface area (Å²) in [6, 6.07) is 8.25. The van der Waals surface area contributed by atoms with Crippen molar-refractivity contribution in [2.24, 2.45) is 11.7 Å². The first kappa shape index (κ1) is 10.9. The molecule has 3 heteroatoms. The van der Waals surface area contributed by atoms with Crippen molar-refractivity contribution in [3.05, 3.63) is 35.5 Å². The standard InChI is InChI=1S/C13H19N3/c1-9(2)7-16-13-10-5-3-4-6-12(10)15-8-11(13)14/h3-6,9,15-16H,7-8,14H2,1-2H3.